The van der Waals surface area contributed by atoms with Gasteiger partial charge < -0.3 is 127 Å². The zero-order chi connectivity index (χ0) is 102. The second kappa shape index (κ2) is 65.1. The normalized spacial score (nSPS) is 9.61. The van der Waals surface area contributed by atoms with Crippen LogP contribution in [0.15, 0.2) is 206 Å². The lowest BCUT2D eigenvalue weighted by molar-refractivity contribution is -0.137. The summed E-state index contributed by atoms with van der Waals surface area (Å²) in [5.74, 6) is 8.39. The topological polar surface area (TPSA) is 306 Å². The van der Waals surface area contributed by atoms with Crippen LogP contribution >= 0.6 is 46.4 Å². The zero-order valence-corrected chi connectivity index (χ0v) is 85.1. The molecular formula is C101H133Cl4F5N12O13. The van der Waals surface area contributed by atoms with Crippen molar-refractivity contribution < 1.29 is 83.5 Å². The van der Waals surface area contributed by atoms with Crippen molar-refractivity contribution in [3.8, 4) is 74.7 Å². The third-order valence-electron chi connectivity index (χ3n) is 19.0. The maximum Gasteiger partial charge on any atom is 0.418 e. The van der Waals surface area contributed by atoms with Crippen LogP contribution < -0.4 is 127 Å². The highest BCUT2D eigenvalue weighted by Crippen LogP contribution is 2.39. The second-order valence-corrected chi connectivity index (χ2v) is 29.1. The molecule has 0 aliphatic heterocycles. The Morgan fingerprint density at radius 2 is 0.637 bits per heavy atom. The molecule has 0 spiro atoms. The second-order valence-electron chi connectivity index (χ2n) is 27.5. The molecule has 0 aromatic heterocycles. The first-order valence-electron chi connectivity index (χ1n) is 41.2. The van der Waals surface area contributed by atoms with Crippen molar-refractivity contribution in [2.24, 2.45) is 0 Å². The van der Waals surface area contributed by atoms with Crippen LogP contribution in [0.1, 0.15) is 38.9 Å². The number of rotatable bonds is 22. The monoisotopic (exact) mass is 1960 g/mol. The van der Waals surface area contributed by atoms with Crippen molar-refractivity contribution in [1.29, 1.82) is 0 Å². The zero-order valence-electron chi connectivity index (χ0n) is 82.1. The van der Waals surface area contributed by atoms with Crippen LogP contribution in [0.25, 0.3) is 0 Å². The SMILES string of the molecule is CNc1cc(C)c(OC)cc1C.CNc1cc(Cl)c(OC)c(Cl)c1.CNc1ccc(OC)c(C)c1C.CNc1ccc(OC)c(Cl)c1.CNc1ccc(OC)c(F)c1.CNc1ccc(OC)cc1C(F)(F)F.CNc1ccc(OC)cc1Cl.CNc1ccc(OC)cc1F.CNc1ccc(OC)cc1OC.COc1ccc(N)c(C)c1.COc1ccc(N)cc1.COc1ccc(N)cc1C. The molecular weight excluding hydrogens is 1830 g/mol. The van der Waals surface area contributed by atoms with Crippen LogP contribution in [0.5, 0.6) is 74.7 Å². The lowest BCUT2D eigenvalue weighted by Crippen LogP contribution is -2.09. The first-order valence-corrected chi connectivity index (χ1v) is 42.7. The molecule has 0 saturated carbocycles. The van der Waals surface area contributed by atoms with Gasteiger partial charge in [0.1, 0.15) is 69.1 Å². The highest BCUT2D eigenvalue weighted by molar-refractivity contribution is 6.37. The number of nitrogens with two attached hydrogens (primary N) is 3. The van der Waals surface area contributed by atoms with Crippen molar-refractivity contribution in [1.82, 2.24) is 0 Å². The Bertz CT molecular complexity index is 5170. The molecule has 0 radical (unpaired) electrons. The predicted octanol–water partition coefficient (Wildman–Crippen LogP) is 25.2. The van der Waals surface area contributed by atoms with Gasteiger partial charge in [0.15, 0.2) is 17.3 Å². The van der Waals surface area contributed by atoms with Gasteiger partial charge in [0.25, 0.3) is 0 Å². The number of methoxy groups -OCH3 is 13. The number of nitrogen functional groups attached to an aromatic ring is 3. The molecule has 25 nitrogen and oxygen atoms in total. The molecule has 15 N–H and O–H groups in total. The molecule has 12 aromatic carbocycles. The summed E-state index contributed by atoms with van der Waals surface area (Å²) in [5, 5.41) is 28.5. The smallest absolute Gasteiger partial charge is 0.418 e. The van der Waals surface area contributed by atoms with Gasteiger partial charge in [-0.1, -0.05) is 46.4 Å². The summed E-state index contributed by atoms with van der Waals surface area (Å²) in [6, 6.07) is 60.0. The number of halogens is 9. The van der Waals surface area contributed by atoms with Crippen LogP contribution in [-0.2, 0) is 6.18 Å². The maximum absolute atomic E-state index is 12.9. The minimum Gasteiger partial charge on any atom is -0.497 e. The molecule has 12 rings (SSSR count). The fourth-order valence-electron chi connectivity index (χ4n) is 11.1. The van der Waals surface area contributed by atoms with E-state index in [0.717, 1.165) is 126 Å². The van der Waals surface area contributed by atoms with Gasteiger partial charge in [0, 0.05) is 139 Å². The standard InChI is InChI=1S/2C10H15NO.C9H10F3NO.C9H13NO2.C8H9Cl2NO.2C8H10ClNO.2C8H10FNO.2C8H11NO.C7H9NO/c1-7-6-10(12-4)8(2)5-9(7)11-3;1-7-8(2)10(12-4)6-5-9(7)11-3;1-13-8-4-3-6(14-2)5-7(8)9(10,11)12;1-10-8-5-4-7(11-2)6-9(8)12-3;1-11-5-3-6(9)8(12-2)7(10)4-5;1-10-8-4-3-6(11-2)5-7(8)9;1-10-6-3-4-8(11-2)7(9)5-6;1-10-8-4-3-6(11-2)5-7(8)9;1-10-6-3-4-8(11-2)7(9)5-6;1-6-5-7(10-2)3-4-8(6)9;1-6-5-7(9)3-4-8(6)10-2;1-9-7-4-2-6(8)3-5-7/h2*5-6,11H,1-4H3;3-5,13H,1-2H3;4-6,10H,1-3H3;3-4,11H,1-2H3;4*3-5,10H,1-2H3;2*3-5H,9H2,1-2H3;2-5H,8H2,1H3. The highest BCUT2D eigenvalue weighted by Gasteiger charge is 2.34. The fraction of sp³-hybridized carbons (Fsp3) is 0.287. The molecule has 0 saturated heterocycles. The number of hydrogen-bond acceptors (Lipinski definition) is 25. The van der Waals surface area contributed by atoms with E-state index in [1.54, 1.807) is 140 Å². The molecule has 0 heterocycles. The average molecular weight is 1960 g/mol. The summed E-state index contributed by atoms with van der Waals surface area (Å²) in [6.07, 6.45) is -4.37. The Kier molecular flexibility index (Phi) is 57.6. The van der Waals surface area contributed by atoms with E-state index in [4.69, 9.17) is 125 Å². The Labute approximate surface area is 813 Å². The summed E-state index contributed by atoms with van der Waals surface area (Å²) in [4.78, 5) is 0. The maximum atomic E-state index is 12.9. The first kappa shape index (κ1) is 119. The molecule has 0 bridgehead atoms. The molecule has 0 amide bonds. The number of ether oxygens (including phenoxy) is 13. The molecule has 34 heteroatoms. The van der Waals surface area contributed by atoms with Gasteiger partial charge in [0.2, 0.25) is 0 Å². The third kappa shape index (κ3) is 42.5. The van der Waals surface area contributed by atoms with Gasteiger partial charge in [-0.15, -0.1) is 0 Å². The van der Waals surface area contributed by atoms with E-state index >= 15 is 0 Å². The van der Waals surface area contributed by atoms with Crippen molar-refractivity contribution in [2.75, 3.05) is 221 Å². The Morgan fingerprint density at radius 3 is 1.07 bits per heavy atom. The lowest BCUT2D eigenvalue weighted by Gasteiger charge is -2.13. The van der Waals surface area contributed by atoms with E-state index in [1.165, 1.54) is 76.4 Å². The minimum absolute atomic E-state index is 0.0401. The average Bonchev–Trinajstić information content (AvgIpc) is 0.872. The van der Waals surface area contributed by atoms with Gasteiger partial charge in [-0.25, -0.2) is 8.78 Å². The van der Waals surface area contributed by atoms with E-state index in [1.807, 2.05) is 171 Å². The number of nitrogens with one attached hydrogen (secondary N) is 9. The summed E-state index contributed by atoms with van der Waals surface area (Å²) in [5.41, 5.74) is 32.4. The van der Waals surface area contributed by atoms with E-state index in [-0.39, 0.29) is 28.8 Å². The van der Waals surface area contributed by atoms with E-state index in [2.05, 4.69) is 74.7 Å². The fourth-order valence-corrected chi connectivity index (χ4v) is 12.3. The number of alkyl halides is 3. The Hall–Kier alpha value is -13.6. The predicted molar refractivity (Wildman–Crippen MR) is 555 cm³/mol. The van der Waals surface area contributed by atoms with Gasteiger partial charge in [-0.3, -0.25) is 0 Å². The van der Waals surface area contributed by atoms with Gasteiger partial charge in [-0.2, -0.15) is 13.2 Å². The van der Waals surface area contributed by atoms with E-state index in [0.29, 0.717) is 43.0 Å². The number of benzene rings is 12. The van der Waals surface area contributed by atoms with E-state index in [9.17, 15) is 22.0 Å². The first-order chi connectivity index (χ1) is 64.3. The summed E-state index contributed by atoms with van der Waals surface area (Å²) in [6.45, 7) is 12.2. The Balaban J connectivity index is 0.000000737. The molecule has 135 heavy (non-hydrogen) atoms. The van der Waals surface area contributed by atoms with Gasteiger partial charge >= 0.3 is 6.18 Å². The van der Waals surface area contributed by atoms with Crippen molar-refractivity contribution in [3.05, 3.63) is 277 Å². The number of hydrogen-bond donors (Lipinski definition) is 12. The summed E-state index contributed by atoms with van der Waals surface area (Å²) < 4.78 is 128. The largest absolute Gasteiger partial charge is 0.497 e. The summed E-state index contributed by atoms with van der Waals surface area (Å²) >= 11 is 23.4. The molecule has 0 aliphatic carbocycles. The molecule has 0 aliphatic rings. The number of aryl methyl sites for hydroxylation is 4. The quantitative estimate of drug-likeness (QED) is 0.0222. The van der Waals surface area contributed by atoms with Crippen LogP contribution in [0.2, 0.25) is 20.1 Å². The van der Waals surface area contributed by atoms with Gasteiger partial charge in [0.05, 0.1) is 135 Å². The minimum atomic E-state index is -4.37. The molecule has 12 aromatic rings. The van der Waals surface area contributed by atoms with E-state index < -0.39 is 11.7 Å². The Morgan fingerprint density at radius 1 is 0.244 bits per heavy atom. The lowest BCUT2D eigenvalue weighted by atomic mass is 10.1. The van der Waals surface area contributed by atoms with Crippen LogP contribution in [0, 0.1) is 53.2 Å². The van der Waals surface area contributed by atoms with Crippen molar-refractivity contribution in [2.45, 2.75) is 47.7 Å². The molecule has 0 fully saturated rings. The van der Waals surface area contributed by atoms with Crippen LogP contribution in [0.4, 0.5) is 90.2 Å². The number of anilines is 12. The van der Waals surface area contributed by atoms with Crippen molar-refractivity contribution in [3.63, 3.8) is 0 Å². The van der Waals surface area contributed by atoms with Crippen molar-refractivity contribution >= 4 is 115 Å². The third-order valence-corrected chi connectivity index (χ3v) is 20.2. The highest BCUT2D eigenvalue weighted by atomic mass is 35.5. The van der Waals surface area contributed by atoms with Gasteiger partial charge in [-0.05, 0) is 257 Å². The molecule has 0 atom stereocenters. The summed E-state index contributed by atoms with van der Waals surface area (Å²) in [7, 11) is 36.6. The van der Waals surface area contributed by atoms with Crippen LogP contribution in [0.3, 0.4) is 0 Å². The van der Waals surface area contributed by atoms with Crippen LogP contribution in [-0.4, -0.2) is 156 Å². The molecule has 738 valence electrons. The molecule has 0 unspecified atom stereocenters.